The van der Waals surface area contributed by atoms with Gasteiger partial charge in [-0.2, -0.15) is 0 Å². The number of nitrogens with zero attached hydrogens (tertiary/aromatic N) is 4. The number of hydrogen-bond acceptors (Lipinski definition) is 6. The third-order valence-corrected chi connectivity index (χ3v) is 5.95. The molecule has 166 valence electrons. The van der Waals surface area contributed by atoms with Crippen molar-refractivity contribution in [1.29, 1.82) is 0 Å². The lowest BCUT2D eigenvalue weighted by molar-refractivity contribution is -0.113. The first-order valence-electron chi connectivity index (χ1n) is 10.0. The van der Waals surface area contributed by atoms with E-state index >= 15 is 0 Å². The van der Waals surface area contributed by atoms with Gasteiger partial charge in [0.15, 0.2) is 5.16 Å². The predicted octanol–water partition coefficient (Wildman–Crippen LogP) is 4.09. The molecule has 0 aliphatic carbocycles. The van der Waals surface area contributed by atoms with Gasteiger partial charge < -0.3 is 10.1 Å². The first-order valence-corrected chi connectivity index (χ1v) is 11.4. The molecule has 0 spiro atoms. The smallest absolute Gasteiger partial charge is 0.262 e. The molecule has 0 radical (unpaired) electrons. The van der Waals surface area contributed by atoms with Gasteiger partial charge in [-0.3, -0.25) is 18.6 Å². The van der Waals surface area contributed by atoms with Crippen molar-refractivity contribution in [3.05, 3.63) is 57.8 Å². The van der Waals surface area contributed by atoms with Crippen LogP contribution in [0.25, 0.3) is 16.7 Å². The van der Waals surface area contributed by atoms with Crippen molar-refractivity contribution in [3.63, 3.8) is 0 Å². The topological polar surface area (TPSA) is 90.5 Å². The normalized spacial score (nSPS) is 11.4. The van der Waals surface area contributed by atoms with Gasteiger partial charge in [-0.1, -0.05) is 37.2 Å². The molecule has 0 saturated heterocycles. The molecule has 0 aliphatic heterocycles. The number of methoxy groups -OCH3 is 1. The van der Waals surface area contributed by atoms with Crippen molar-refractivity contribution < 1.29 is 9.53 Å². The molecule has 0 bridgehead atoms. The van der Waals surface area contributed by atoms with Crippen LogP contribution >= 0.6 is 23.4 Å². The summed E-state index contributed by atoms with van der Waals surface area (Å²) >= 11 is 7.45. The van der Waals surface area contributed by atoms with Crippen LogP contribution in [-0.2, 0) is 11.3 Å². The van der Waals surface area contributed by atoms with Crippen LogP contribution in [0, 0.1) is 5.92 Å². The van der Waals surface area contributed by atoms with Gasteiger partial charge in [0.25, 0.3) is 5.56 Å². The average molecular weight is 472 g/mol. The fourth-order valence-electron chi connectivity index (χ4n) is 3.38. The predicted molar refractivity (Wildman–Crippen MR) is 127 cm³/mol. The van der Waals surface area contributed by atoms with Gasteiger partial charge in [-0.25, -0.2) is 0 Å². The summed E-state index contributed by atoms with van der Waals surface area (Å²) < 4.78 is 8.54. The van der Waals surface area contributed by atoms with Crippen molar-refractivity contribution in [2.75, 3.05) is 18.2 Å². The van der Waals surface area contributed by atoms with Crippen LogP contribution in [0.3, 0.4) is 0 Å². The third-order valence-electron chi connectivity index (χ3n) is 4.79. The number of aromatic nitrogens is 4. The number of amides is 1. The Morgan fingerprint density at radius 1 is 1.19 bits per heavy atom. The van der Waals surface area contributed by atoms with Crippen molar-refractivity contribution in [1.82, 2.24) is 19.2 Å². The van der Waals surface area contributed by atoms with Gasteiger partial charge in [-0.15, -0.1) is 10.2 Å². The Hall–Kier alpha value is -3.04. The number of nitrogens with one attached hydrogen (secondary N) is 1. The number of carbonyl (C=O) groups excluding carboxylic acids is 1. The van der Waals surface area contributed by atoms with E-state index in [4.69, 9.17) is 16.3 Å². The Morgan fingerprint density at radius 3 is 2.62 bits per heavy atom. The van der Waals surface area contributed by atoms with Crippen molar-refractivity contribution in [2.24, 2.45) is 5.92 Å². The first kappa shape index (κ1) is 22.2. The van der Waals surface area contributed by atoms with E-state index in [1.165, 1.54) is 11.8 Å². The zero-order valence-corrected chi connectivity index (χ0v) is 19.4. The Bertz CT molecular complexity index is 1350. The van der Waals surface area contributed by atoms with Crippen LogP contribution in [0.4, 0.5) is 5.69 Å². The van der Waals surface area contributed by atoms with Crippen LogP contribution in [0.1, 0.15) is 13.8 Å². The fourth-order valence-corrected chi connectivity index (χ4v) is 4.29. The molecule has 2 heterocycles. The van der Waals surface area contributed by atoms with E-state index < -0.39 is 0 Å². The molecular weight excluding hydrogens is 450 g/mol. The standard InChI is InChI=1S/C22H22ClN5O3S/c1-13(2)11-27-20(30)17-9-4-14(23)10-18(17)28-21(27)25-26-22(28)32-12-19(29)24-15-5-7-16(31-3)8-6-15/h4-10,13H,11-12H2,1-3H3,(H,24,29). The number of thioether (sulfide) groups is 1. The third kappa shape index (κ3) is 4.44. The lowest BCUT2D eigenvalue weighted by Gasteiger charge is -2.13. The number of halogens is 1. The summed E-state index contributed by atoms with van der Waals surface area (Å²) in [5, 5.41) is 12.9. The summed E-state index contributed by atoms with van der Waals surface area (Å²) in [7, 11) is 1.59. The lowest BCUT2D eigenvalue weighted by Crippen LogP contribution is -2.25. The highest BCUT2D eigenvalue weighted by Gasteiger charge is 2.18. The Balaban J connectivity index is 1.66. The van der Waals surface area contributed by atoms with Crippen molar-refractivity contribution in [3.8, 4) is 5.75 Å². The second-order valence-corrected chi connectivity index (χ2v) is 9.03. The molecule has 0 unspecified atom stereocenters. The molecule has 4 aromatic rings. The quantitative estimate of drug-likeness (QED) is 0.408. The van der Waals surface area contributed by atoms with Crippen molar-refractivity contribution >= 4 is 51.6 Å². The molecule has 2 aromatic heterocycles. The molecule has 1 N–H and O–H groups in total. The highest BCUT2D eigenvalue weighted by molar-refractivity contribution is 7.99. The first-order chi connectivity index (χ1) is 15.4. The molecule has 1 amide bonds. The minimum absolute atomic E-state index is 0.123. The molecule has 8 nitrogen and oxygen atoms in total. The van der Waals surface area contributed by atoms with Crippen LogP contribution in [0.5, 0.6) is 5.75 Å². The number of benzene rings is 2. The van der Waals surface area contributed by atoms with E-state index in [2.05, 4.69) is 15.5 Å². The number of rotatable bonds is 7. The maximum Gasteiger partial charge on any atom is 0.262 e. The van der Waals surface area contributed by atoms with E-state index in [0.29, 0.717) is 44.8 Å². The Kier molecular flexibility index (Phi) is 6.38. The molecule has 0 saturated carbocycles. The second kappa shape index (κ2) is 9.22. The Morgan fingerprint density at radius 2 is 1.94 bits per heavy atom. The van der Waals surface area contributed by atoms with Gasteiger partial charge in [0.1, 0.15) is 5.75 Å². The molecular formula is C22H22ClN5O3S. The minimum Gasteiger partial charge on any atom is -0.497 e. The fraction of sp³-hybridized carbons (Fsp3) is 0.273. The summed E-state index contributed by atoms with van der Waals surface area (Å²) in [6.45, 7) is 4.57. The Labute approximate surface area is 193 Å². The molecule has 32 heavy (non-hydrogen) atoms. The lowest BCUT2D eigenvalue weighted by atomic mass is 10.2. The number of ether oxygens (including phenoxy) is 1. The zero-order valence-electron chi connectivity index (χ0n) is 17.8. The summed E-state index contributed by atoms with van der Waals surface area (Å²) in [5.41, 5.74) is 1.14. The zero-order chi connectivity index (χ0) is 22.8. The molecule has 0 aliphatic rings. The molecule has 0 fully saturated rings. The van der Waals surface area contributed by atoms with E-state index in [9.17, 15) is 9.59 Å². The highest BCUT2D eigenvalue weighted by Crippen LogP contribution is 2.24. The van der Waals surface area contributed by atoms with Gasteiger partial charge in [0.2, 0.25) is 11.7 Å². The van der Waals surface area contributed by atoms with Crippen molar-refractivity contribution in [2.45, 2.75) is 25.5 Å². The van der Waals surface area contributed by atoms with Gasteiger partial charge >= 0.3 is 0 Å². The van der Waals surface area contributed by atoms with Gasteiger partial charge in [0.05, 0.1) is 23.8 Å². The number of anilines is 1. The monoisotopic (exact) mass is 471 g/mol. The summed E-state index contributed by atoms with van der Waals surface area (Å²) in [6, 6.07) is 12.2. The van der Waals surface area contributed by atoms with Crippen LogP contribution in [0.2, 0.25) is 5.02 Å². The van der Waals surface area contributed by atoms with E-state index in [-0.39, 0.29) is 23.1 Å². The number of hydrogen-bond donors (Lipinski definition) is 1. The number of fused-ring (bicyclic) bond motifs is 3. The maximum atomic E-state index is 13.1. The minimum atomic E-state index is -0.185. The average Bonchev–Trinajstić information content (AvgIpc) is 3.19. The van der Waals surface area contributed by atoms with Gasteiger partial charge in [-0.05, 0) is 48.4 Å². The summed E-state index contributed by atoms with van der Waals surface area (Å²) in [4.78, 5) is 25.6. The van der Waals surface area contributed by atoms with E-state index in [1.807, 2.05) is 13.8 Å². The molecule has 0 atom stereocenters. The SMILES string of the molecule is COc1ccc(NC(=O)CSc2nnc3n(CC(C)C)c(=O)c4ccc(Cl)cc4n23)cc1. The summed E-state index contributed by atoms with van der Waals surface area (Å²) in [5.74, 6) is 1.32. The number of carbonyl (C=O) groups is 1. The molecule has 10 heteroatoms. The second-order valence-electron chi connectivity index (χ2n) is 7.65. The largest absolute Gasteiger partial charge is 0.497 e. The van der Waals surface area contributed by atoms with Gasteiger partial charge in [0, 0.05) is 17.3 Å². The highest BCUT2D eigenvalue weighted by atomic mass is 35.5. The maximum absolute atomic E-state index is 13.1. The van der Waals surface area contributed by atoms with Crippen LogP contribution in [-0.4, -0.2) is 37.9 Å². The van der Waals surface area contributed by atoms with E-state index in [0.717, 1.165) is 0 Å². The summed E-state index contributed by atoms with van der Waals surface area (Å²) in [6.07, 6.45) is 0. The van der Waals surface area contributed by atoms with E-state index in [1.54, 1.807) is 58.5 Å². The molecule has 2 aromatic carbocycles. The van der Waals surface area contributed by atoms with Crippen LogP contribution < -0.4 is 15.6 Å². The molecule has 4 rings (SSSR count). The van der Waals surface area contributed by atoms with Crippen LogP contribution in [0.15, 0.2) is 52.4 Å².